The van der Waals surface area contributed by atoms with Gasteiger partial charge in [-0.2, -0.15) is 0 Å². The first-order chi connectivity index (χ1) is 11.7. The van der Waals surface area contributed by atoms with Gasteiger partial charge >= 0.3 is 6.03 Å². The van der Waals surface area contributed by atoms with Crippen LogP contribution in [0.1, 0.15) is 11.3 Å². The summed E-state index contributed by atoms with van der Waals surface area (Å²) in [5.74, 6) is 0. The summed E-state index contributed by atoms with van der Waals surface area (Å²) < 4.78 is 2.12. The monoisotopic (exact) mass is 339 g/mol. The Balaban J connectivity index is 1.57. The Morgan fingerprint density at radius 1 is 1.00 bits per heavy atom. The van der Waals surface area contributed by atoms with Gasteiger partial charge in [0.05, 0.1) is 6.54 Å². The summed E-state index contributed by atoms with van der Waals surface area (Å²) >= 11 is 5.91. The molecule has 0 unspecified atom stereocenters. The number of carbonyl (C=O) groups is 1. The van der Waals surface area contributed by atoms with Crippen molar-refractivity contribution in [3.63, 3.8) is 0 Å². The average molecular weight is 340 g/mol. The highest BCUT2D eigenvalue weighted by atomic mass is 35.5. The van der Waals surface area contributed by atoms with E-state index < -0.39 is 0 Å². The van der Waals surface area contributed by atoms with E-state index in [4.69, 9.17) is 11.6 Å². The molecular weight excluding hydrogens is 322 g/mol. The van der Waals surface area contributed by atoms with Crippen LogP contribution in [0.15, 0.2) is 72.9 Å². The van der Waals surface area contributed by atoms with Gasteiger partial charge in [0.2, 0.25) is 0 Å². The van der Waals surface area contributed by atoms with E-state index in [-0.39, 0.29) is 6.03 Å². The van der Waals surface area contributed by atoms with Crippen molar-refractivity contribution < 1.29 is 4.79 Å². The van der Waals surface area contributed by atoms with E-state index in [1.54, 1.807) is 24.3 Å². The summed E-state index contributed by atoms with van der Waals surface area (Å²) in [6, 6.07) is 21.0. The maximum atomic E-state index is 12.0. The number of aromatic nitrogens is 1. The normalized spacial score (nSPS) is 10.4. The SMILES string of the molecule is O=C(NCc1cccn1Cc1ccccc1)Nc1cccc(Cl)c1. The molecule has 0 aliphatic rings. The number of hydrogen-bond donors (Lipinski definition) is 2. The van der Waals surface area contributed by atoms with Crippen LogP contribution in [-0.4, -0.2) is 10.6 Å². The number of anilines is 1. The van der Waals surface area contributed by atoms with Gasteiger partial charge in [0, 0.05) is 29.1 Å². The fourth-order valence-corrected chi connectivity index (χ4v) is 2.65. The van der Waals surface area contributed by atoms with Crippen LogP contribution in [0.4, 0.5) is 10.5 Å². The summed E-state index contributed by atoms with van der Waals surface area (Å²) in [6.07, 6.45) is 2.01. The average Bonchev–Trinajstić information content (AvgIpc) is 3.01. The summed E-state index contributed by atoms with van der Waals surface area (Å²) in [5.41, 5.74) is 2.93. The minimum Gasteiger partial charge on any atom is -0.345 e. The first kappa shape index (κ1) is 16.1. The number of hydrogen-bond acceptors (Lipinski definition) is 1. The Bertz CT molecular complexity index is 814. The van der Waals surface area contributed by atoms with Crippen LogP contribution in [0.2, 0.25) is 5.02 Å². The van der Waals surface area contributed by atoms with E-state index in [1.807, 2.05) is 36.5 Å². The van der Waals surface area contributed by atoms with Crippen molar-refractivity contribution in [1.82, 2.24) is 9.88 Å². The zero-order chi connectivity index (χ0) is 16.8. The Kier molecular flexibility index (Phi) is 5.18. The van der Waals surface area contributed by atoms with E-state index in [0.717, 1.165) is 12.2 Å². The van der Waals surface area contributed by atoms with E-state index in [0.29, 0.717) is 17.3 Å². The number of amides is 2. The fourth-order valence-electron chi connectivity index (χ4n) is 2.46. The Morgan fingerprint density at radius 3 is 2.62 bits per heavy atom. The lowest BCUT2D eigenvalue weighted by molar-refractivity contribution is 0.251. The van der Waals surface area contributed by atoms with Gasteiger partial charge in [0.25, 0.3) is 0 Å². The van der Waals surface area contributed by atoms with Crippen LogP contribution in [-0.2, 0) is 13.1 Å². The zero-order valence-electron chi connectivity index (χ0n) is 13.1. The second-order valence-electron chi connectivity index (χ2n) is 5.43. The summed E-state index contributed by atoms with van der Waals surface area (Å²) in [6.45, 7) is 1.23. The number of carbonyl (C=O) groups excluding carboxylic acids is 1. The topological polar surface area (TPSA) is 46.1 Å². The quantitative estimate of drug-likeness (QED) is 0.705. The maximum absolute atomic E-state index is 12.0. The second-order valence-corrected chi connectivity index (χ2v) is 5.87. The number of nitrogens with one attached hydrogen (secondary N) is 2. The van der Waals surface area contributed by atoms with Crippen molar-refractivity contribution >= 4 is 23.3 Å². The molecule has 2 aromatic carbocycles. The third kappa shape index (κ3) is 4.40. The Hall–Kier alpha value is -2.72. The standard InChI is InChI=1S/C19H18ClN3O/c20-16-8-4-9-17(12-16)22-19(24)21-13-18-10-5-11-23(18)14-15-6-2-1-3-7-15/h1-12H,13-14H2,(H2,21,22,24). The van der Waals surface area contributed by atoms with Gasteiger partial charge < -0.3 is 15.2 Å². The minimum absolute atomic E-state index is 0.260. The van der Waals surface area contributed by atoms with Crippen molar-refractivity contribution in [3.05, 3.63) is 89.2 Å². The molecule has 1 aromatic heterocycles. The van der Waals surface area contributed by atoms with Gasteiger partial charge in [-0.15, -0.1) is 0 Å². The Labute approximate surface area is 146 Å². The summed E-state index contributed by atoms with van der Waals surface area (Å²) in [4.78, 5) is 12.0. The third-order valence-electron chi connectivity index (χ3n) is 3.63. The highest BCUT2D eigenvalue weighted by Crippen LogP contribution is 2.14. The zero-order valence-corrected chi connectivity index (χ0v) is 13.8. The van der Waals surface area contributed by atoms with Crippen LogP contribution in [0, 0.1) is 0 Å². The molecule has 4 nitrogen and oxygen atoms in total. The molecule has 0 fully saturated rings. The molecule has 0 saturated heterocycles. The lowest BCUT2D eigenvalue weighted by Gasteiger charge is -2.11. The fraction of sp³-hybridized carbons (Fsp3) is 0.105. The van der Waals surface area contributed by atoms with Gasteiger partial charge in [0.15, 0.2) is 0 Å². The number of benzene rings is 2. The molecule has 2 amide bonds. The molecule has 3 rings (SSSR count). The minimum atomic E-state index is -0.260. The van der Waals surface area contributed by atoms with Crippen LogP contribution in [0.25, 0.3) is 0 Å². The van der Waals surface area contributed by atoms with Gasteiger partial charge in [-0.3, -0.25) is 0 Å². The van der Waals surface area contributed by atoms with E-state index in [1.165, 1.54) is 5.56 Å². The van der Waals surface area contributed by atoms with Crippen LogP contribution in [0.5, 0.6) is 0 Å². The smallest absolute Gasteiger partial charge is 0.319 e. The van der Waals surface area contributed by atoms with Gasteiger partial charge in [-0.05, 0) is 35.9 Å². The predicted molar refractivity (Wildman–Crippen MR) is 97.3 cm³/mol. The lowest BCUT2D eigenvalue weighted by atomic mass is 10.2. The number of halogens is 1. The van der Waals surface area contributed by atoms with Gasteiger partial charge in [-0.1, -0.05) is 48.0 Å². The van der Waals surface area contributed by atoms with Crippen molar-refractivity contribution in [2.75, 3.05) is 5.32 Å². The molecule has 0 bridgehead atoms. The van der Waals surface area contributed by atoms with Crippen LogP contribution in [0.3, 0.4) is 0 Å². The first-order valence-corrected chi connectivity index (χ1v) is 8.07. The van der Waals surface area contributed by atoms with Crippen molar-refractivity contribution in [2.24, 2.45) is 0 Å². The molecule has 0 aliphatic carbocycles. The molecule has 0 atom stereocenters. The summed E-state index contributed by atoms with van der Waals surface area (Å²) in [5, 5.41) is 6.22. The van der Waals surface area contributed by atoms with Crippen molar-refractivity contribution in [1.29, 1.82) is 0 Å². The first-order valence-electron chi connectivity index (χ1n) is 7.69. The third-order valence-corrected chi connectivity index (χ3v) is 3.87. The Morgan fingerprint density at radius 2 is 1.83 bits per heavy atom. The molecule has 0 radical (unpaired) electrons. The van der Waals surface area contributed by atoms with Crippen LogP contribution >= 0.6 is 11.6 Å². The van der Waals surface area contributed by atoms with Crippen molar-refractivity contribution in [3.8, 4) is 0 Å². The number of rotatable bonds is 5. The molecule has 24 heavy (non-hydrogen) atoms. The molecule has 0 saturated carbocycles. The molecule has 0 aliphatic heterocycles. The van der Waals surface area contributed by atoms with Crippen LogP contribution < -0.4 is 10.6 Å². The van der Waals surface area contributed by atoms with Crippen molar-refractivity contribution in [2.45, 2.75) is 13.1 Å². The molecule has 2 N–H and O–H groups in total. The largest absolute Gasteiger partial charge is 0.345 e. The number of urea groups is 1. The molecule has 1 heterocycles. The lowest BCUT2D eigenvalue weighted by Crippen LogP contribution is -2.29. The second kappa shape index (κ2) is 7.70. The molecule has 5 heteroatoms. The molecule has 122 valence electrons. The molecule has 3 aromatic rings. The van der Waals surface area contributed by atoms with E-state index >= 15 is 0 Å². The maximum Gasteiger partial charge on any atom is 0.319 e. The highest BCUT2D eigenvalue weighted by molar-refractivity contribution is 6.30. The molecular formula is C19H18ClN3O. The number of nitrogens with zero attached hydrogens (tertiary/aromatic N) is 1. The molecule has 0 spiro atoms. The van der Waals surface area contributed by atoms with E-state index in [2.05, 4.69) is 27.3 Å². The van der Waals surface area contributed by atoms with Gasteiger partial charge in [-0.25, -0.2) is 4.79 Å². The van der Waals surface area contributed by atoms with Gasteiger partial charge in [0.1, 0.15) is 0 Å². The highest BCUT2D eigenvalue weighted by Gasteiger charge is 2.05. The summed E-state index contributed by atoms with van der Waals surface area (Å²) in [7, 11) is 0. The van der Waals surface area contributed by atoms with E-state index in [9.17, 15) is 4.79 Å². The predicted octanol–water partition coefficient (Wildman–Crippen LogP) is 4.51.